The molecule has 0 radical (unpaired) electrons. The highest BCUT2D eigenvalue weighted by molar-refractivity contribution is 6.08. The van der Waals surface area contributed by atoms with E-state index in [4.69, 9.17) is 0 Å². The number of hydrogen-bond donors (Lipinski definition) is 2. The first-order valence-electron chi connectivity index (χ1n) is 7.79. The molecule has 0 saturated carbocycles. The van der Waals surface area contributed by atoms with Gasteiger partial charge in [-0.25, -0.2) is 4.79 Å². The largest absolute Gasteiger partial charge is 0.435 e. The molecule has 2 saturated heterocycles. The van der Waals surface area contributed by atoms with Gasteiger partial charge in [0.2, 0.25) is 11.8 Å². The number of rotatable bonds is 2. The van der Waals surface area contributed by atoms with Gasteiger partial charge >= 0.3 is 12.2 Å². The molecule has 9 nitrogen and oxygen atoms in total. The Labute approximate surface area is 145 Å². The summed E-state index contributed by atoms with van der Waals surface area (Å²) in [6.07, 6.45) is -4.55. The van der Waals surface area contributed by atoms with Crippen LogP contribution in [0, 0.1) is 5.92 Å². The highest BCUT2D eigenvalue weighted by Gasteiger charge is 2.36. The number of piperazine rings is 1. The van der Waals surface area contributed by atoms with Gasteiger partial charge in [0, 0.05) is 32.7 Å². The molecule has 1 aromatic rings. The Morgan fingerprint density at radius 1 is 1.12 bits per heavy atom. The van der Waals surface area contributed by atoms with Crippen molar-refractivity contribution >= 4 is 23.7 Å². The third-order valence-electron chi connectivity index (χ3n) is 4.17. The maximum Gasteiger partial charge on any atom is 0.435 e. The van der Waals surface area contributed by atoms with Crippen molar-refractivity contribution in [1.82, 2.24) is 25.7 Å². The Hall–Kier alpha value is -2.92. The van der Waals surface area contributed by atoms with E-state index >= 15 is 0 Å². The topological polar surface area (TPSA) is 108 Å². The van der Waals surface area contributed by atoms with Crippen LogP contribution in [0.3, 0.4) is 0 Å². The van der Waals surface area contributed by atoms with E-state index in [1.807, 2.05) is 5.32 Å². The van der Waals surface area contributed by atoms with Crippen molar-refractivity contribution in [2.24, 2.45) is 5.92 Å². The molecule has 1 unspecified atom stereocenters. The van der Waals surface area contributed by atoms with Crippen LogP contribution in [-0.2, 0) is 15.8 Å². The Kier molecular flexibility index (Phi) is 4.66. The fourth-order valence-electron chi connectivity index (χ4n) is 2.75. The average Bonchev–Trinajstić information content (AvgIpc) is 2.61. The average molecular weight is 372 g/mol. The summed E-state index contributed by atoms with van der Waals surface area (Å²) in [6.45, 7) is 1.17. The first-order valence-corrected chi connectivity index (χ1v) is 7.79. The summed E-state index contributed by atoms with van der Waals surface area (Å²) in [6, 6.07) is 1.46. The molecule has 2 fully saturated rings. The number of aromatic nitrogens is 2. The van der Waals surface area contributed by atoms with Crippen molar-refractivity contribution in [3.05, 3.63) is 17.8 Å². The van der Waals surface area contributed by atoms with Gasteiger partial charge in [-0.05, 0) is 12.1 Å². The van der Waals surface area contributed by atoms with Gasteiger partial charge in [0.15, 0.2) is 11.5 Å². The fraction of sp³-hybridized carbons (Fsp3) is 0.500. The number of amides is 4. The zero-order valence-corrected chi connectivity index (χ0v) is 13.4. The number of halogens is 3. The van der Waals surface area contributed by atoms with E-state index in [2.05, 4.69) is 15.5 Å². The Morgan fingerprint density at radius 2 is 1.81 bits per heavy atom. The maximum absolute atomic E-state index is 12.5. The lowest BCUT2D eigenvalue weighted by Gasteiger charge is -2.37. The fourth-order valence-corrected chi connectivity index (χ4v) is 2.75. The number of nitrogens with one attached hydrogen (secondary N) is 2. The molecule has 3 rings (SSSR count). The second-order valence-corrected chi connectivity index (χ2v) is 5.84. The number of carbonyl (C=O) groups is 3. The highest BCUT2D eigenvalue weighted by atomic mass is 19.4. The second kappa shape index (κ2) is 6.77. The van der Waals surface area contributed by atoms with E-state index in [9.17, 15) is 27.6 Å². The lowest BCUT2D eigenvalue weighted by molar-refractivity contribution is -0.143. The first-order chi connectivity index (χ1) is 12.3. The normalized spacial score (nSPS) is 21.3. The van der Waals surface area contributed by atoms with Crippen molar-refractivity contribution in [3.8, 4) is 0 Å². The Bertz CT molecular complexity index is 716. The van der Waals surface area contributed by atoms with Crippen LogP contribution < -0.4 is 15.5 Å². The number of imide groups is 1. The van der Waals surface area contributed by atoms with E-state index in [0.29, 0.717) is 13.1 Å². The molecule has 2 aliphatic heterocycles. The molecule has 0 spiro atoms. The standard InChI is InChI=1S/C14H15F3N6O3/c15-14(16,17)9-1-2-10(21-20-9)22-3-5-23(6-4-22)12(25)8-7-18-13(26)19-11(8)24/h1-2,8H,3-7H2,(H2,18,19,24,26). The van der Waals surface area contributed by atoms with Crippen LogP contribution in [0.25, 0.3) is 0 Å². The number of nitrogens with zero attached hydrogens (tertiary/aromatic N) is 4. The predicted octanol–water partition coefficient (Wildman–Crippen LogP) is -0.400. The van der Waals surface area contributed by atoms with Crippen LogP contribution >= 0.6 is 0 Å². The van der Waals surface area contributed by atoms with E-state index in [1.165, 1.54) is 11.0 Å². The third-order valence-corrected chi connectivity index (χ3v) is 4.17. The molecule has 140 valence electrons. The lowest BCUT2D eigenvalue weighted by Crippen LogP contribution is -2.59. The van der Waals surface area contributed by atoms with Gasteiger partial charge in [-0.1, -0.05) is 0 Å². The Balaban J connectivity index is 1.58. The molecule has 3 heterocycles. The Morgan fingerprint density at radius 3 is 2.35 bits per heavy atom. The molecule has 0 aromatic carbocycles. The summed E-state index contributed by atoms with van der Waals surface area (Å²) in [5.74, 6) is -1.74. The molecule has 0 bridgehead atoms. The van der Waals surface area contributed by atoms with Gasteiger partial charge < -0.3 is 15.1 Å². The van der Waals surface area contributed by atoms with Crippen molar-refractivity contribution < 1.29 is 27.6 Å². The molecule has 0 aliphatic carbocycles. The number of hydrogen-bond acceptors (Lipinski definition) is 6. The summed E-state index contributed by atoms with van der Waals surface area (Å²) in [5.41, 5.74) is -1.07. The highest BCUT2D eigenvalue weighted by Crippen LogP contribution is 2.27. The van der Waals surface area contributed by atoms with Gasteiger partial charge in [-0.3, -0.25) is 14.9 Å². The quantitative estimate of drug-likeness (QED) is 0.684. The third kappa shape index (κ3) is 3.68. The minimum atomic E-state index is -4.55. The van der Waals surface area contributed by atoms with Crippen LogP contribution in [0.2, 0.25) is 0 Å². The van der Waals surface area contributed by atoms with Crippen molar-refractivity contribution in [3.63, 3.8) is 0 Å². The van der Waals surface area contributed by atoms with Crippen molar-refractivity contribution in [2.45, 2.75) is 6.18 Å². The van der Waals surface area contributed by atoms with Gasteiger partial charge in [0.25, 0.3) is 0 Å². The number of urea groups is 1. The molecule has 4 amide bonds. The minimum Gasteiger partial charge on any atom is -0.352 e. The zero-order chi connectivity index (χ0) is 18.9. The summed E-state index contributed by atoms with van der Waals surface area (Å²) in [5, 5.41) is 11.2. The second-order valence-electron chi connectivity index (χ2n) is 5.84. The number of carbonyl (C=O) groups excluding carboxylic acids is 3. The predicted molar refractivity (Wildman–Crippen MR) is 80.9 cm³/mol. The SMILES string of the molecule is O=C1NCC(C(=O)N2CCN(c3ccc(C(F)(F)F)nn3)CC2)C(=O)N1. The van der Waals surface area contributed by atoms with Crippen LogP contribution in [0.5, 0.6) is 0 Å². The zero-order valence-electron chi connectivity index (χ0n) is 13.4. The summed E-state index contributed by atoms with van der Waals surface area (Å²) in [4.78, 5) is 38.4. The lowest BCUT2D eigenvalue weighted by atomic mass is 10.0. The van der Waals surface area contributed by atoms with Gasteiger partial charge in [-0.2, -0.15) is 13.2 Å². The van der Waals surface area contributed by atoms with E-state index < -0.39 is 35.6 Å². The van der Waals surface area contributed by atoms with Crippen molar-refractivity contribution in [2.75, 3.05) is 37.6 Å². The molecule has 1 aromatic heterocycles. The van der Waals surface area contributed by atoms with Gasteiger partial charge in [-0.15, -0.1) is 10.2 Å². The van der Waals surface area contributed by atoms with Crippen LogP contribution in [-0.4, -0.2) is 65.7 Å². The first kappa shape index (κ1) is 17.9. The van der Waals surface area contributed by atoms with Gasteiger partial charge in [0.1, 0.15) is 5.92 Å². The molecular weight excluding hydrogens is 357 g/mol. The smallest absolute Gasteiger partial charge is 0.352 e. The molecule has 1 atom stereocenters. The molecule has 2 aliphatic rings. The molecule has 2 N–H and O–H groups in total. The molecule has 12 heteroatoms. The van der Waals surface area contributed by atoms with E-state index in [0.717, 1.165) is 6.07 Å². The van der Waals surface area contributed by atoms with Crippen molar-refractivity contribution in [1.29, 1.82) is 0 Å². The summed E-state index contributed by atoms with van der Waals surface area (Å²) in [7, 11) is 0. The van der Waals surface area contributed by atoms with E-state index in [-0.39, 0.29) is 25.5 Å². The number of anilines is 1. The monoisotopic (exact) mass is 372 g/mol. The van der Waals surface area contributed by atoms with Crippen LogP contribution in [0.1, 0.15) is 5.69 Å². The number of alkyl halides is 3. The molecular formula is C14H15F3N6O3. The van der Waals surface area contributed by atoms with Crippen LogP contribution in [0.4, 0.5) is 23.8 Å². The summed E-state index contributed by atoms with van der Waals surface area (Å²) < 4.78 is 37.5. The van der Waals surface area contributed by atoms with E-state index in [1.54, 1.807) is 4.90 Å². The summed E-state index contributed by atoms with van der Waals surface area (Å²) >= 11 is 0. The van der Waals surface area contributed by atoms with Crippen LogP contribution in [0.15, 0.2) is 12.1 Å². The molecule has 26 heavy (non-hydrogen) atoms. The van der Waals surface area contributed by atoms with Gasteiger partial charge in [0.05, 0.1) is 0 Å². The minimum absolute atomic E-state index is 0.0614. The maximum atomic E-state index is 12.5.